The van der Waals surface area contributed by atoms with Crippen LogP contribution in [0.15, 0.2) is 48.5 Å². The Bertz CT molecular complexity index is 2510. The van der Waals surface area contributed by atoms with Crippen molar-refractivity contribution in [2.24, 2.45) is 0 Å². The number of carbonyl (C=O) groups is 8. The van der Waals surface area contributed by atoms with Crippen LogP contribution in [0.4, 0.5) is 8.78 Å². The number of hydrogen-bond donors (Lipinski definition) is 2. The number of aliphatic carboxylic acids is 1. The summed E-state index contributed by atoms with van der Waals surface area (Å²) in [6, 6.07) is 11.9. The molecule has 4 aliphatic rings. The van der Waals surface area contributed by atoms with Crippen molar-refractivity contribution >= 4 is 47.6 Å². The van der Waals surface area contributed by atoms with Crippen LogP contribution in [0.1, 0.15) is 146 Å². The quantitative estimate of drug-likeness (QED) is 0.0760. The first kappa shape index (κ1) is 63.1. The molecule has 0 unspecified atom stereocenters. The van der Waals surface area contributed by atoms with E-state index >= 15 is 8.78 Å². The van der Waals surface area contributed by atoms with Gasteiger partial charge in [-0.05, 0) is 147 Å². The summed E-state index contributed by atoms with van der Waals surface area (Å²) in [5.41, 5.74) is -3.14. The Balaban J connectivity index is 1.17. The fourth-order valence-electron chi connectivity index (χ4n) is 10.4. The highest BCUT2D eigenvalue weighted by Crippen LogP contribution is 2.43. The first-order chi connectivity index (χ1) is 37.6. The van der Waals surface area contributed by atoms with E-state index in [2.05, 4.69) is 5.32 Å². The second kappa shape index (κ2) is 26.7. The molecule has 0 radical (unpaired) electrons. The number of benzene rings is 2. The molecular formula is C59H82F2N4O15. The molecule has 2 aromatic carbocycles. The minimum Gasteiger partial charge on any atom is -0.478 e. The lowest BCUT2D eigenvalue weighted by molar-refractivity contribution is -0.176. The van der Waals surface area contributed by atoms with Gasteiger partial charge in [0.25, 0.3) is 17.7 Å². The van der Waals surface area contributed by atoms with Gasteiger partial charge in [-0.3, -0.25) is 19.2 Å². The van der Waals surface area contributed by atoms with Crippen LogP contribution < -0.4 is 5.32 Å². The summed E-state index contributed by atoms with van der Waals surface area (Å²) in [5, 5.41) is 13.0. The van der Waals surface area contributed by atoms with Gasteiger partial charge in [0.15, 0.2) is 18.3 Å². The maximum absolute atomic E-state index is 15.6. The SMILES string of the molecule is CNC1(C(=O)O[C@H](C)C(=O)N(C)[C@@H](CC(C)(C)F)C(=O)O[C@H](CCc2ccc(C3CCOCC3)cc2)C(=O)N(C)C2(C(=O)O[C@H](C)C(=O)N(C)[C@@H](CC(C)(C)F)C(=O)O[C@H](Cc3ccc(C4CCOCC4)cc3)C(=O)O)CC2)CC1. The largest absolute Gasteiger partial charge is 0.478 e. The number of likely N-dealkylation sites (N-methyl/N-ethyl adjacent to an activating group) is 4. The van der Waals surface area contributed by atoms with Crippen molar-refractivity contribution in [1.82, 2.24) is 20.0 Å². The van der Waals surface area contributed by atoms with Crippen LogP contribution in [-0.4, -0.2) is 181 Å². The number of rotatable bonds is 27. The van der Waals surface area contributed by atoms with E-state index in [0.29, 0.717) is 56.7 Å². The summed E-state index contributed by atoms with van der Waals surface area (Å²) in [6.45, 7) is 9.94. The number of alkyl halides is 2. The van der Waals surface area contributed by atoms with Crippen LogP contribution in [0, 0.1) is 0 Å². The van der Waals surface area contributed by atoms with Crippen LogP contribution >= 0.6 is 0 Å². The highest BCUT2D eigenvalue weighted by molar-refractivity contribution is 5.96. The zero-order chi connectivity index (χ0) is 58.9. The molecule has 3 amide bonds. The molecule has 80 heavy (non-hydrogen) atoms. The van der Waals surface area contributed by atoms with Gasteiger partial charge in [-0.15, -0.1) is 0 Å². The Morgan fingerprint density at radius 3 is 1.43 bits per heavy atom. The highest BCUT2D eigenvalue weighted by Gasteiger charge is 2.58. The maximum Gasteiger partial charge on any atom is 0.345 e. The molecule has 2 heterocycles. The molecule has 2 aromatic rings. The summed E-state index contributed by atoms with van der Waals surface area (Å²) >= 11 is 0. The molecule has 19 nitrogen and oxygen atoms in total. The maximum atomic E-state index is 15.6. The number of esters is 4. The Morgan fingerprint density at radius 1 is 0.625 bits per heavy atom. The minimum atomic E-state index is -2.07. The predicted octanol–water partition coefficient (Wildman–Crippen LogP) is 6.09. The van der Waals surface area contributed by atoms with Crippen molar-refractivity contribution in [1.29, 1.82) is 0 Å². The molecule has 2 aliphatic carbocycles. The number of aryl methyl sites for hydroxylation is 1. The van der Waals surface area contributed by atoms with Crippen molar-refractivity contribution in [3.05, 3.63) is 70.8 Å². The number of amides is 3. The zero-order valence-corrected chi connectivity index (χ0v) is 48.0. The van der Waals surface area contributed by atoms with Crippen molar-refractivity contribution in [3.63, 3.8) is 0 Å². The lowest BCUT2D eigenvalue weighted by Gasteiger charge is -2.34. The van der Waals surface area contributed by atoms with Crippen LogP contribution in [-0.2, 0) is 79.6 Å². The third kappa shape index (κ3) is 16.5. The van der Waals surface area contributed by atoms with Gasteiger partial charge < -0.3 is 53.5 Å². The number of nitrogens with one attached hydrogen (secondary N) is 1. The lowest BCUT2D eigenvalue weighted by atomic mass is 9.90. The molecule has 0 spiro atoms. The summed E-state index contributed by atoms with van der Waals surface area (Å²) in [6.07, 6.45) is -3.01. The molecule has 4 fully saturated rings. The molecule has 2 saturated carbocycles. The molecule has 442 valence electrons. The van der Waals surface area contributed by atoms with Crippen LogP contribution in [0.3, 0.4) is 0 Å². The van der Waals surface area contributed by atoms with Crippen LogP contribution in [0.2, 0.25) is 0 Å². The Morgan fingerprint density at radius 2 is 1.04 bits per heavy atom. The predicted molar refractivity (Wildman–Crippen MR) is 287 cm³/mol. The third-order valence-electron chi connectivity index (χ3n) is 16.0. The molecule has 2 N–H and O–H groups in total. The second-order valence-corrected chi connectivity index (χ2v) is 23.3. The number of carboxylic acids is 1. The Kier molecular flexibility index (Phi) is 21.1. The van der Waals surface area contributed by atoms with Crippen molar-refractivity contribution in [2.75, 3.05) is 54.6 Å². The van der Waals surface area contributed by atoms with E-state index in [1.807, 2.05) is 36.4 Å². The van der Waals surface area contributed by atoms with Gasteiger partial charge in [0.05, 0.1) is 0 Å². The molecule has 0 aromatic heterocycles. The number of ether oxygens (including phenoxy) is 6. The molecule has 6 atom stereocenters. The van der Waals surface area contributed by atoms with E-state index in [9.17, 15) is 43.5 Å². The molecule has 2 saturated heterocycles. The second-order valence-electron chi connectivity index (χ2n) is 23.3. The van der Waals surface area contributed by atoms with Gasteiger partial charge in [-0.25, -0.2) is 28.0 Å². The van der Waals surface area contributed by atoms with Gasteiger partial charge >= 0.3 is 29.8 Å². The Labute approximate surface area is 468 Å². The van der Waals surface area contributed by atoms with Crippen LogP contribution in [0.5, 0.6) is 0 Å². The fourth-order valence-corrected chi connectivity index (χ4v) is 10.4. The van der Waals surface area contributed by atoms with E-state index in [0.717, 1.165) is 57.1 Å². The standard InChI is InChI=1S/C59H82F2N4O15/c1-36(77-54(73)58(62-7)25-26-58)48(66)63(8)44(34-56(3,4)60)52(71)79-46(20-15-38-11-16-40(17-12-38)42-21-29-75-30-22-42)50(68)65(10)59(27-28-59)55(74)78-37(2)49(67)64(9)45(35-57(5,6)61)53(72)80-47(51(69)70)33-39-13-18-41(19-14-39)43-23-31-76-32-24-43/h11-14,16-19,36-37,42-47,62H,15,20-35H2,1-10H3,(H,69,70)/t36-,37-,44+,45+,46-,47-/m1/s1. The molecular weight excluding hydrogens is 1040 g/mol. The summed E-state index contributed by atoms with van der Waals surface area (Å²) in [7, 11) is 5.34. The van der Waals surface area contributed by atoms with E-state index in [-0.39, 0.29) is 32.1 Å². The number of carbonyl (C=O) groups excluding carboxylic acids is 7. The average Bonchev–Trinajstić information content (AvgIpc) is 4.45. The van der Waals surface area contributed by atoms with Crippen LogP contribution in [0.25, 0.3) is 0 Å². The lowest BCUT2D eigenvalue weighted by Crippen LogP contribution is -2.54. The molecule has 2 aliphatic heterocycles. The van der Waals surface area contributed by atoms with Gasteiger partial charge in [-0.1, -0.05) is 48.5 Å². The van der Waals surface area contributed by atoms with Gasteiger partial charge in [0, 0.05) is 66.8 Å². The highest BCUT2D eigenvalue weighted by atomic mass is 19.1. The zero-order valence-electron chi connectivity index (χ0n) is 48.0. The van der Waals surface area contributed by atoms with E-state index in [1.54, 1.807) is 19.2 Å². The van der Waals surface area contributed by atoms with Crippen molar-refractivity contribution in [3.8, 4) is 0 Å². The van der Waals surface area contributed by atoms with Crippen molar-refractivity contribution < 1.29 is 80.7 Å². The van der Waals surface area contributed by atoms with Gasteiger partial charge in [0.2, 0.25) is 6.10 Å². The number of halogens is 2. The topological polar surface area (TPSA) is 234 Å². The fraction of sp³-hybridized carbons (Fsp3) is 0.661. The first-order valence-electron chi connectivity index (χ1n) is 27.9. The van der Waals surface area contributed by atoms with Gasteiger partial charge in [-0.2, -0.15) is 0 Å². The number of nitrogens with zero attached hydrogens (tertiary/aromatic N) is 3. The number of hydrogen-bond acceptors (Lipinski definition) is 15. The number of carboxylic acid groups (broad SMARTS) is 1. The normalized spacial score (nSPS) is 19.4. The smallest absolute Gasteiger partial charge is 0.345 e. The minimum absolute atomic E-state index is 0.0698. The summed E-state index contributed by atoms with van der Waals surface area (Å²) in [5.74, 6) is -7.45. The molecule has 0 bridgehead atoms. The first-order valence-corrected chi connectivity index (χ1v) is 27.9. The van der Waals surface area contributed by atoms with Gasteiger partial charge in [0.1, 0.15) is 34.5 Å². The van der Waals surface area contributed by atoms with E-state index < -0.39 is 119 Å². The van der Waals surface area contributed by atoms with E-state index in [1.165, 1.54) is 62.7 Å². The summed E-state index contributed by atoms with van der Waals surface area (Å²) < 4.78 is 64.7. The molecule has 21 heteroatoms. The third-order valence-corrected chi connectivity index (χ3v) is 16.0. The average molecular weight is 1130 g/mol. The Hall–Kier alpha value is -6.06. The van der Waals surface area contributed by atoms with E-state index in [4.69, 9.17) is 28.4 Å². The summed E-state index contributed by atoms with van der Waals surface area (Å²) in [4.78, 5) is 113. The monoisotopic (exact) mass is 1120 g/mol. The van der Waals surface area contributed by atoms with Crippen molar-refractivity contribution in [2.45, 2.75) is 196 Å². The molecule has 6 rings (SSSR count).